The Morgan fingerprint density at radius 3 is 2.41 bits per heavy atom. The van der Waals surface area contributed by atoms with Crippen molar-refractivity contribution in [1.29, 1.82) is 0 Å². The molecule has 1 saturated heterocycles. The summed E-state index contributed by atoms with van der Waals surface area (Å²) in [6.45, 7) is 2.17. The number of carbonyl (C=O) groups is 1. The average molecular weight is 392 g/mol. The molecule has 1 aliphatic heterocycles. The molecule has 2 aliphatic carbocycles. The number of nitrogens with one attached hydrogen (secondary N) is 2. The van der Waals surface area contributed by atoms with Crippen LogP contribution >= 0.6 is 11.6 Å². The minimum Gasteiger partial charge on any atom is -0.367 e. The molecule has 4 rings (SSSR count). The predicted molar refractivity (Wildman–Crippen MR) is 107 cm³/mol. The van der Waals surface area contributed by atoms with Gasteiger partial charge in [-0.2, -0.15) is 4.98 Å². The molecule has 1 aromatic heterocycles. The third kappa shape index (κ3) is 4.72. The maximum absolute atomic E-state index is 12.9. The number of rotatable bonds is 5. The highest BCUT2D eigenvalue weighted by molar-refractivity contribution is 6.28. The first kappa shape index (κ1) is 18.9. The average Bonchev–Trinajstić information content (AvgIpc) is 2.63. The van der Waals surface area contributed by atoms with E-state index in [1.54, 1.807) is 6.20 Å². The SMILES string of the molecule is O=C(NC1CCN(C2CCC2)CC1)c1cnc(Cl)nc1NC1CCCCC1. The van der Waals surface area contributed by atoms with Crippen molar-refractivity contribution in [3.05, 3.63) is 17.0 Å². The van der Waals surface area contributed by atoms with E-state index >= 15 is 0 Å². The molecule has 0 spiro atoms. The third-order valence-corrected chi connectivity index (χ3v) is 6.59. The molecule has 2 heterocycles. The van der Waals surface area contributed by atoms with Crippen LogP contribution in [0.15, 0.2) is 6.20 Å². The van der Waals surface area contributed by atoms with Gasteiger partial charge in [0.2, 0.25) is 5.28 Å². The number of hydrogen-bond donors (Lipinski definition) is 2. The summed E-state index contributed by atoms with van der Waals surface area (Å²) in [5.41, 5.74) is 0.506. The van der Waals surface area contributed by atoms with Crippen molar-refractivity contribution in [2.75, 3.05) is 18.4 Å². The van der Waals surface area contributed by atoms with E-state index < -0.39 is 0 Å². The molecule has 0 atom stereocenters. The molecule has 3 fully saturated rings. The largest absolute Gasteiger partial charge is 0.367 e. The van der Waals surface area contributed by atoms with Gasteiger partial charge in [0.1, 0.15) is 11.4 Å². The van der Waals surface area contributed by atoms with Gasteiger partial charge in [-0.15, -0.1) is 0 Å². The molecule has 1 amide bonds. The van der Waals surface area contributed by atoms with Gasteiger partial charge in [0.25, 0.3) is 5.91 Å². The van der Waals surface area contributed by atoms with Crippen molar-refractivity contribution in [3.8, 4) is 0 Å². The van der Waals surface area contributed by atoms with Gasteiger partial charge in [-0.25, -0.2) is 4.98 Å². The molecule has 0 aromatic carbocycles. The molecule has 6 nitrogen and oxygen atoms in total. The summed E-state index contributed by atoms with van der Waals surface area (Å²) in [6, 6.07) is 1.38. The summed E-state index contributed by atoms with van der Waals surface area (Å²) in [5.74, 6) is 0.485. The Morgan fingerprint density at radius 1 is 1.00 bits per heavy atom. The van der Waals surface area contributed by atoms with Gasteiger partial charge in [0.15, 0.2) is 0 Å². The zero-order valence-electron chi connectivity index (χ0n) is 15.9. The second-order valence-corrected chi connectivity index (χ2v) is 8.59. The normalized spacial score (nSPS) is 23.0. The standard InChI is InChI=1S/C20H30ClN5O/c21-20-22-13-17(18(25-20)23-14-5-2-1-3-6-14)19(27)24-15-9-11-26(12-10-15)16-7-4-8-16/h13-16H,1-12H2,(H,24,27)(H,22,23,25). The first-order valence-electron chi connectivity index (χ1n) is 10.5. The molecule has 148 valence electrons. The van der Waals surface area contributed by atoms with Gasteiger partial charge in [-0.05, 0) is 50.1 Å². The summed E-state index contributed by atoms with van der Waals surface area (Å²) < 4.78 is 0. The van der Waals surface area contributed by atoms with Crippen molar-refractivity contribution < 1.29 is 4.79 Å². The van der Waals surface area contributed by atoms with E-state index in [0.717, 1.165) is 44.8 Å². The van der Waals surface area contributed by atoms with Crippen LogP contribution in [0.25, 0.3) is 0 Å². The van der Waals surface area contributed by atoms with E-state index in [1.807, 2.05) is 0 Å². The van der Waals surface area contributed by atoms with E-state index in [4.69, 9.17) is 11.6 Å². The Morgan fingerprint density at radius 2 is 1.74 bits per heavy atom. The zero-order valence-corrected chi connectivity index (χ0v) is 16.7. The lowest BCUT2D eigenvalue weighted by atomic mass is 9.89. The van der Waals surface area contributed by atoms with Crippen LogP contribution in [0.4, 0.5) is 5.82 Å². The predicted octanol–water partition coefficient (Wildman–Crippen LogP) is 3.62. The second-order valence-electron chi connectivity index (χ2n) is 8.25. The fourth-order valence-electron chi connectivity index (χ4n) is 4.50. The third-order valence-electron chi connectivity index (χ3n) is 6.41. The summed E-state index contributed by atoms with van der Waals surface area (Å²) in [5, 5.41) is 6.82. The minimum atomic E-state index is -0.0907. The first-order chi connectivity index (χ1) is 13.2. The number of nitrogens with zero attached hydrogens (tertiary/aromatic N) is 3. The number of likely N-dealkylation sites (tertiary alicyclic amines) is 1. The van der Waals surface area contributed by atoms with E-state index in [0.29, 0.717) is 17.4 Å². The van der Waals surface area contributed by atoms with Gasteiger partial charge >= 0.3 is 0 Å². The first-order valence-corrected chi connectivity index (χ1v) is 10.9. The van der Waals surface area contributed by atoms with E-state index in [9.17, 15) is 4.79 Å². The smallest absolute Gasteiger partial charge is 0.256 e. The Bertz CT molecular complexity index is 652. The molecule has 0 unspecified atom stereocenters. The maximum atomic E-state index is 12.9. The highest BCUT2D eigenvalue weighted by Gasteiger charge is 2.30. The minimum absolute atomic E-state index is 0.0907. The topological polar surface area (TPSA) is 70.2 Å². The van der Waals surface area contributed by atoms with E-state index in [2.05, 4.69) is 25.5 Å². The molecule has 3 aliphatic rings. The van der Waals surface area contributed by atoms with Crippen molar-refractivity contribution in [2.24, 2.45) is 0 Å². The fraction of sp³-hybridized carbons (Fsp3) is 0.750. The van der Waals surface area contributed by atoms with Crippen LogP contribution in [0.3, 0.4) is 0 Å². The molecular formula is C20H30ClN5O. The van der Waals surface area contributed by atoms with E-state index in [-0.39, 0.29) is 17.2 Å². The molecule has 1 aromatic rings. The highest BCUT2D eigenvalue weighted by Crippen LogP contribution is 2.28. The van der Waals surface area contributed by atoms with Crippen molar-refractivity contribution in [2.45, 2.75) is 82.3 Å². The quantitative estimate of drug-likeness (QED) is 0.750. The van der Waals surface area contributed by atoms with Crippen LogP contribution in [0, 0.1) is 0 Å². The molecule has 27 heavy (non-hydrogen) atoms. The molecule has 0 radical (unpaired) electrons. The Balaban J connectivity index is 1.36. The van der Waals surface area contributed by atoms with Crippen LogP contribution in [0.1, 0.15) is 74.6 Å². The number of carbonyl (C=O) groups excluding carboxylic acids is 1. The van der Waals surface area contributed by atoms with Crippen LogP contribution in [0.5, 0.6) is 0 Å². The summed E-state index contributed by atoms with van der Waals surface area (Å²) in [7, 11) is 0. The highest BCUT2D eigenvalue weighted by atomic mass is 35.5. The summed E-state index contributed by atoms with van der Waals surface area (Å²) >= 11 is 6.00. The number of halogens is 1. The lowest BCUT2D eigenvalue weighted by Crippen LogP contribution is -2.49. The molecule has 0 bridgehead atoms. The number of piperidine rings is 1. The van der Waals surface area contributed by atoms with Gasteiger partial charge in [-0.3, -0.25) is 4.79 Å². The lowest BCUT2D eigenvalue weighted by Gasteiger charge is -2.41. The second kappa shape index (κ2) is 8.74. The maximum Gasteiger partial charge on any atom is 0.256 e. The van der Waals surface area contributed by atoms with Gasteiger partial charge in [0, 0.05) is 37.4 Å². The number of aromatic nitrogens is 2. The van der Waals surface area contributed by atoms with Crippen LogP contribution in [0.2, 0.25) is 5.28 Å². The van der Waals surface area contributed by atoms with Crippen molar-refractivity contribution in [3.63, 3.8) is 0 Å². The van der Waals surface area contributed by atoms with Crippen molar-refractivity contribution in [1.82, 2.24) is 20.2 Å². The van der Waals surface area contributed by atoms with E-state index in [1.165, 1.54) is 38.5 Å². The van der Waals surface area contributed by atoms with Gasteiger partial charge in [-0.1, -0.05) is 25.7 Å². The zero-order chi connectivity index (χ0) is 18.6. The Kier molecular flexibility index (Phi) is 6.13. The number of hydrogen-bond acceptors (Lipinski definition) is 5. The number of anilines is 1. The lowest BCUT2D eigenvalue weighted by molar-refractivity contribution is 0.0800. The van der Waals surface area contributed by atoms with Crippen LogP contribution in [-0.2, 0) is 0 Å². The molecule has 7 heteroatoms. The molecular weight excluding hydrogens is 362 g/mol. The van der Waals surface area contributed by atoms with Gasteiger partial charge in [0.05, 0.1) is 0 Å². The summed E-state index contributed by atoms with van der Waals surface area (Å²) in [6.07, 6.45) is 13.6. The summed E-state index contributed by atoms with van der Waals surface area (Å²) in [4.78, 5) is 23.8. The van der Waals surface area contributed by atoms with Crippen LogP contribution in [-0.4, -0.2) is 52.0 Å². The fourth-order valence-corrected chi connectivity index (χ4v) is 4.63. The number of amides is 1. The monoisotopic (exact) mass is 391 g/mol. The van der Waals surface area contributed by atoms with Crippen molar-refractivity contribution >= 4 is 23.3 Å². The Labute approximate surface area is 166 Å². The van der Waals surface area contributed by atoms with Crippen LogP contribution < -0.4 is 10.6 Å². The Hall–Kier alpha value is -1.40. The van der Waals surface area contributed by atoms with Gasteiger partial charge < -0.3 is 15.5 Å². The molecule has 2 N–H and O–H groups in total. The molecule has 2 saturated carbocycles.